The van der Waals surface area contributed by atoms with E-state index in [2.05, 4.69) is 10.6 Å². The van der Waals surface area contributed by atoms with E-state index in [1.54, 1.807) is 0 Å². The number of carbonyl (C=O) groups excluding carboxylic acids is 1. The number of aliphatic hydroxyl groups is 1. The summed E-state index contributed by atoms with van der Waals surface area (Å²) in [7, 11) is 0. The van der Waals surface area contributed by atoms with Gasteiger partial charge in [-0.25, -0.2) is 0 Å². The molecule has 0 atom stereocenters. The van der Waals surface area contributed by atoms with E-state index < -0.39 is 5.60 Å². The van der Waals surface area contributed by atoms with Gasteiger partial charge < -0.3 is 15.7 Å². The van der Waals surface area contributed by atoms with Crippen molar-refractivity contribution in [3.8, 4) is 0 Å². The van der Waals surface area contributed by atoms with Crippen molar-refractivity contribution in [3.63, 3.8) is 0 Å². The van der Waals surface area contributed by atoms with Gasteiger partial charge in [0.1, 0.15) is 0 Å². The second-order valence-electron chi connectivity index (χ2n) is 5.88. The van der Waals surface area contributed by atoms with Crippen molar-refractivity contribution in [3.05, 3.63) is 0 Å². The molecule has 0 radical (unpaired) electrons. The molecule has 0 aliphatic heterocycles. The van der Waals surface area contributed by atoms with Crippen molar-refractivity contribution in [2.75, 3.05) is 19.6 Å². The standard InChI is InChI=1S/C14H26N2O2/c17-13(12-5-6-12)16-10-9-15-11-14(18)7-3-1-2-4-8-14/h12,15,18H,1-11H2,(H,16,17). The van der Waals surface area contributed by atoms with Crippen LogP contribution in [0.4, 0.5) is 0 Å². The van der Waals surface area contributed by atoms with Crippen molar-refractivity contribution in [1.82, 2.24) is 10.6 Å². The number of amides is 1. The Morgan fingerprint density at radius 1 is 1.11 bits per heavy atom. The van der Waals surface area contributed by atoms with E-state index in [1.807, 2.05) is 0 Å². The molecule has 0 aromatic rings. The molecule has 0 unspecified atom stereocenters. The van der Waals surface area contributed by atoms with E-state index in [1.165, 1.54) is 12.8 Å². The molecule has 2 saturated carbocycles. The zero-order chi connectivity index (χ0) is 12.8. The van der Waals surface area contributed by atoms with Crippen molar-refractivity contribution < 1.29 is 9.90 Å². The lowest BCUT2D eigenvalue weighted by molar-refractivity contribution is -0.122. The smallest absolute Gasteiger partial charge is 0.223 e. The van der Waals surface area contributed by atoms with Crippen molar-refractivity contribution in [2.24, 2.45) is 5.92 Å². The van der Waals surface area contributed by atoms with Crippen LogP contribution < -0.4 is 10.6 Å². The molecule has 0 aromatic heterocycles. The minimum atomic E-state index is -0.517. The third-order valence-corrected chi connectivity index (χ3v) is 4.04. The first kappa shape index (κ1) is 13.8. The average molecular weight is 254 g/mol. The van der Waals surface area contributed by atoms with Gasteiger partial charge in [-0.3, -0.25) is 4.79 Å². The topological polar surface area (TPSA) is 61.4 Å². The van der Waals surface area contributed by atoms with Gasteiger partial charge in [-0.05, 0) is 25.7 Å². The fourth-order valence-electron chi connectivity index (χ4n) is 2.65. The Morgan fingerprint density at radius 3 is 2.39 bits per heavy atom. The fourth-order valence-corrected chi connectivity index (χ4v) is 2.65. The van der Waals surface area contributed by atoms with E-state index in [-0.39, 0.29) is 11.8 Å². The summed E-state index contributed by atoms with van der Waals surface area (Å²) in [6.45, 7) is 2.08. The highest BCUT2D eigenvalue weighted by Crippen LogP contribution is 2.28. The first-order chi connectivity index (χ1) is 8.70. The van der Waals surface area contributed by atoms with Crippen LogP contribution in [0.25, 0.3) is 0 Å². The molecule has 3 N–H and O–H groups in total. The summed E-state index contributed by atoms with van der Waals surface area (Å²) in [5, 5.41) is 16.6. The molecular formula is C14H26N2O2. The predicted molar refractivity (Wildman–Crippen MR) is 71.3 cm³/mol. The Bertz CT molecular complexity index is 269. The number of rotatable bonds is 6. The molecule has 0 aromatic carbocycles. The lowest BCUT2D eigenvalue weighted by atomic mass is 9.94. The Kier molecular flexibility index (Phi) is 5.01. The number of nitrogens with one attached hydrogen (secondary N) is 2. The van der Waals surface area contributed by atoms with E-state index in [0.29, 0.717) is 13.1 Å². The fraction of sp³-hybridized carbons (Fsp3) is 0.929. The molecule has 2 rings (SSSR count). The van der Waals surface area contributed by atoms with Gasteiger partial charge in [0.25, 0.3) is 0 Å². The van der Waals surface area contributed by atoms with Gasteiger partial charge >= 0.3 is 0 Å². The molecular weight excluding hydrogens is 228 g/mol. The van der Waals surface area contributed by atoms with E-state index in [9.17, 15) is 9.90 Å². The summed E-state index contributed by atoms with van der Waals surface area (Å²) in [4.78, 5) is 11.4. The molecule has 2 aliphatic carbocycles. The Morgan fingerprint density at radius 2 is 1.78 bits per heavy atom. The van der Waals surface area contributed by atoms with Crippen LogP contribution >= 0.6 is 0 Å². The maximum absolute atomic E-state index is 11.4. The van der Waals surface area contributed by atoms with Crippen LogP contribution in [-0.2, 0) is 4.79 Å². The molecule has 104 valence electrons. The van der Waals surface area contributed by atoms with Gasteiger partial charge in [-0.15, -0.1) is 0 Å². The van der Waals surface area contributed by atoms with Crippen LogP contribution in [0.5, 0.6) is 0 Å². The summed E-state index contributed by atoms with van der Waals surface area (Å²) < 4.78 is 0. The van der Waals surface area contributed by atoms with Gasteiger partial charge in [0.15, 0.2) is 0 Å². The van der Waals surface area contributed by atoms with Gasteiger partial charge in [-0.2, -0.15) is 0 Å². The third-order valence-electron chi connectivity index (χ3n) is 4.04. The second kappa shape index (κ2) is 6.53. The van der Waals surface area contributed by atoms with Crippen LogP contribution in [0.1, 0.15) is 51.4 Å². The average Bonchev–Trinajstić information content (AvgIpc) is 3.16. The van der Waals surface area contributed by atoms with Gasteiger partial charge in [-0.1, -0.05) is 25.7 Å². The van der Waals surface area contributed by atoms with E-state index in [4.69, 9.17) is 0 Å². The molecule has 0 saturated heterocycles. The van der Waals surface area contributed by atoms with Gasteiger partial charge in [0, 0.05) is 25.6 Å². The maximum atomic E-state index is 11.4. The number of hydrogen-bond acceptors (Lipinski definition) is 3. The molecule has 0 heterocycles. The summed E-state index contributed by atoms with van der Waals surface area (Å²) in [6.07, 6.45) is 8.70. The summed E-state index contributed by atoms with van der Waals surface area (Å²) in [6, 6.07) is 0. The minimum absolute atomic E-state index is 0.199. The zero-order valence-electron chi connectivity index (χ0n) is 11.2. The quantitative estimate of drug-likeness (QED) is 0.493. The first-order valence-electron chi connectivity index (χ1n) is 7.40. The Labute approximate surface area is 110 Å². The van der Waals surface area contributed by atoms with Crippen LogP contribution in [0.15, 0.2) is 0 Å². The lowest BCUT2D eigenvalue weighted by Crippen LogP contribution is -2.42. The second-order valence-corrected chi connectivity index (χ2v) is 5.88. The number of hydrogen-bond donors (Lipinski definition) is 3. The normalized spacial score (nSPS) is 23.4. The van der Waals surface area contributed by atoms with Gasteiger partial charge in [0.05, 0.1) is 5.60 Å². The largest absolute Gasteiger partial charge is 0.389 e. The van der Waals surface area contributed by atoms with Crippen LogP contribution in [0, 0.1) is 5.92 Å². The highest BCUT2D eigenvalue weighted by molar-refractivity contribution is 5.80. The molecule has 4 nitrogen and oxygen atoms in total. The molecule has 0 bridgehead atoms. The molecule has 18 heavy (non-hydrogen) atoms. The minimum Gasteiger partial charge on any atom is -0.389 e. The number of carbonyl (C=O) groups is 1. The molecule has 2 fully saturated rings. The summed E-state index contributed by atoms with van der Waals surface area (Å²) in [5.41, 5.74) is -0.517. The zero-order valence-corrected chi connectivity index (χ0v) is 11.2. The van der Waals surface area contributed by atoms with E-state index in [0.717, 1.165) is 45.1 Å². The highest BCUT2D eigenvalue weighted by Gasteiger charge is 2.29. The molecule has 2 aliphatic rings. The van der Waals surface area contributed by atoms with E-state index >= 15 is 0 Å². The van der Waals surface area contributed by atoms with Crippen molar-refractivity contribution in [2.45, 2.75) is 57.0 Å². The monoisotopic (exact) mass is 254 g/mol. The van der Waals surface area contributed by atoms with Crippen LogP contribution in [0.2, 0.25) is 0 Å². The highest BCUT2D eigenvalue weighted by atomic mass is 16.3. The molecule has 4 heteroatoms. The maximum Gasteiger partial charge on any atom is 0.223 e. The predicted octanol–water partition coefficient (Wildman–Crippen LogP) is 1.19. The molecule has 0 spiro atoms. The van der Waals surface area contributed by atoms with Gasteiger partial charge in [0.2, 0.25) is 5.91 Å². The van der Waals surface area contributed by atoms with Crippen LogP contribution in [0.3, 0.4) is 0 Å². The third kappa shape index (κ3) is 4.58. The van der Waals surface area contributed by atoms with Crippen molar-refractivity contribution >= 4 is 5.91 Å². The Hall–Kier alpha value is -0.610. The van der Waals surface area contributed by atoms with Crippen LogP contribution in [-0.4, -0.2) is 36.2 Å². The Balaban J connectivity index is 1.54. The summed E-state index contributed by atoms with van der Waals surface area (Å²) >= 11 is 0. The first-order valence-corrected chi connectivity index (χ1v) is 7.40. The molecule has 1 amide bonds. The SMILES string of the molecule is O=C(NCCNCC1(O)CCCCCC1)C1CC1. The summed E-state index contributed by atoms with van der Waals surface area (Å²) in [5.74, 6) is 0.487. The lowest BCUT2D eigenvalue weighted by Gasteiger charge is -2.27. The van der Waals surface area contributed by atoms with Crippen molar-refractivity contribution in [1.29, 1.82) is 0 Å².